The number of halogens is 1. The fraction of sp³-hybridized carbons (Fsp3) is 0.290. The van der Waals surface area contributed by atoms with Gasteiger partial charge in [0.05, 0.1) is 19.8 Å². The highest BCUT2D eigenvalue weighted by Crippen LogP contribution is 2.36. The molecule has 1 aromatic heterocycles. The Labute approximate surface area is 228 Å². The lowest BCUT2D eigenvalue weighted by atomic mass is 9.95. The molecule has 0 N–H and O–H groups in total. The number of likely N-dealkylation sites (N-methyl/N-ethyl adjacent to an activating group) is 1. The molecule has 0 radical (unpaired) electrons. The molecule has 0 aliphatic rings. The maximum absolute atomic E-state index is 13.9. The molecule has 0 spiro atoms. The van der Waals surface area contributed by atoms with Crippen LogP contribution in [0.5, 0.6) is 17.2 Å². The van der Waals surface area contributed by atoms with Gasteiger partial charge in [-0.3, -0.25) is 9.69 Å². The second-order valence-corrected chi connectivity index (χ2v) is 9.55. The zero-order valence-corrected chi connectivity index (χ0v) is 23.0. The first kappa shape index (κ1) is 27.9. The number of methoxy groups -OCH3 is 2. The normalized spacial score (nSPS) is 11.1. The number of carbonyl (C=O) groups is 1. The maximum atomic E-state index is 13.9. The van der Waals surface area contributed by atoms with Crippen molar-refractivity contribution in [3.05, 3.63) is 94.8 Å². The van der Waals surface area contributed by atoms with Gasteiger partial charge < -0.3 is 18.8 Å². The molecule has 39 heavy (non-hydrogen) atoms. The van der Waals surface area contributed by atoms with E-state index >= 15 is 0 Å². The van der Waals surface area contributed by atoms with E-state index in [1.807, 2.05) is 62.0 Å². The SMILES string of the molecule is COc1cc(CN(C)CCOc2c(C=O)cc(Cn3ccnc3C)cc2-c2ccc(F)cc2C)cc(OC)c1. The van der Waals surface area contributed by atoms with Crippen molar-refractivity contribution in [1.29, 1.82) is 0 Å². The number of carbonyl (C=O) groups excluding carboxylic acids is 1. The fourth-order valence-corrected chi connectivity index (χ4v) is 4.60. The van der Waals surface area contributed by atoms with Crippen LogP contribution in [-0.2, 0) is 13.1 Å². The van der Waals surface area contributed by atoms with Gasteiger partial charge in [0, 0.05) is 43.7 Å². The first-order chi connectivity index (χ1) is 18.8. The topological polar surface area (TPSA) is 65.8 Å². The average molecular weight is 532 g/mol. The summed E-state index contributed by atoms with van der Waals surface area (Å²) in [5, 5.41) is 0. The quantitative estimate of drug-likeness (QED) is 0.219. The zero-order chi connectivity index (χ0) is 27.9. The molecule has 0 unspecified atom stereocenters. The van der Waals surface area contributed by atoms with Crippen LogP contribution in [0, 0.1) is 19.7 Å². The van der Waals surface area contributed by atoms with Gasteiger partial charge in [-0.1, -0.05) is 6.07 Å². The molecule has 0 bridgehead atoms. The molecule has 7 nitrogen and oxygen atoms in total. The number of hydrogen-bond acceptors (Lipinski definition) is 6. The first-order valence-electron chi connectivity index (χ1n) is 12.7. The number of ether oxygens (including phenoxy) is 3. The van der Waals surface area contributed by atoms with E-state index in [1.54, 1.807) is 26.5 Å². The minimum atomic E-state index is -0.310. The molecule has 3 aromatic carbocycles. The molecule has 0 saturated carbocycles. The van der Waals surface area contributed by atoms with Crippen LogP contribution in [0.15, 0.2) is 60.9 Å². The van der Waals surface area contributed by atoms with Crippen molar-refractivity contribution in [2.24, 2.45) is 0 Å². The molecule has 0 aliphatic carbocycles. The maximum Gasteiger partial charge on any atom is 0.153 e. The van der Waals surface area contributed by atoms with Crippen molar-refractivity contribution in [3.63, 3.8) is 0 Å². The van der Waals surface area contributed by atoms with E-state index in [0.717, 1.165) is 51.4 Å². The Morgan fingerprint density at radius 3 is 2.33 bits per heavy atom. The van der Waals surface area contributed by atoms with Crippen molar-refractivity contribution in [2.45, 2.75) is 26.9 Å². The Morgan fingerprint density at radius 2 is 1.72 bits per heavy atom. The Kier molecular flexibility index (Phi) is 8.99. The van der Waals surface area contributed by atoms with Crippen LogP contribution in [0.4, 0.5) is 4.39 Å². The monoisotopic (exact) mass is 531 g/mol. The summed E-state index contributed by atoms with van der Waals surface area (Å²) in [5.41, 5.74) is 4.75. The van der Waals surface area contributed by atoms with Crippen molar-refractivity contribution in [1.82, 2.24) is 14.5 Å². The molecule has 1 heterocycles. The van der Waals surface area contributed by atoms with Crippen molar-refractivity contribution >= 4 is 6.29 Å². The molecular formula is C31H34FN3O4. The number of hydrogen-bond donors (Lipinski definition) is 0. The van der Waals surface area contributed by atoms with Crippen LogP contribution in [0.3, 0.4) is 0 Å². The Bertz CT molecular complexity index is 1430. The standard InChI is InChI=1S/C31H34FN3O4/c1-21-12-26(32)6-7-29(21)30-16-23(19-35-9-8-33-22(35)2)13-25(20-36)31(30)39-11-10-34(3)18-24-14-27(37-4)17-28(15-24)38-5/h6-9,12-17,20H,10-11,18-19H2,1-5H3. The molecule has 4 rings (SSSR count). The third-order valence-electron chi connectivity index (χ3n) is 6.64. The van der Waals surface area contributed by atoms with Gasteiger partial charge in [0.1, 0.15) is 35.5 Å². The predicted octanol–water partition coefficient (Wildman–Crippen LogP) is 5.69. The third-order valence-corrected chi connectivity index (χ3v) is 6.64. The molecule has 0 fully saturated rings. The van der Waals surface area contributed by atoms with Crippen LogP contribution in [-0.4, -0.2) is 55.2 Å². The summed E-state index contributed by atoms with van der Waals surface area (Å²) in [6, 6.07) is 14.3. The number of aromatic nitrogens is 2. The fourth-order valence-electron chi connectivity index (χ4n) is 4.60. The van der Waals surface area contributed by atoms with Crippen molar-refractivity contribution < 1.29 is 23.4 Å². The molecule has 0 aliphatic heterocycles. The molecule has 0 amide bonds. The minimum absolute atomic E-state index is 0.310. The van der Waals surface area contributed by atoms with Crippen molar-refractivity contribution in [2.75, 3.05) is 34.4 Å². The smallest absolute Gasteiger partial charge is 0.153 e. The molecular weight excluding hydrogens is 497 g/mol. The summed E-state index contributed by atoms with van der Waals surface area (Å²) in [5.74, 6) is 2.52. The minimum Gasteiger partial charge on any atom is -0.497 e. The molecule has 0 atom stereocenters. The predicted molar refractivity (Wildman–Crippen MR) is 149 cm³/mol. The van der Waals surface area contributed by atoms with E-state index in [1.165, 1.54) is 12.1 Å². The Hall–Kier alpha value is -4.17. The number of benzene rings is 3. The zero-order valence-electron chi connectivity index (χ0n) is 23.0. The highest BCUT2D eigenvalue weighted by molar-refractivity contribution is 5.87. The molecule has 204 valence electrons. The van der Waals surface area contributed by atoms with Crippen LogP contribution >= 0.6 is 0 Å². The highest BCUT2D eigenvalue weighted by Gasteiger charge is 2.17. The van der Waals surface area contributed by atoms with E-state index in [2.05, 4.69) is 9.88 Å². The summed E-state index contributed by atoms with van der Waals surface area (Å²) in [4.78, 5) is 18.6. The van der Waals surface area contributed by atoms with Gasteiger partial charge in [-0.2, -0.15) is 0 Å². The third kappa shape index (κ3) is 6.83. The first-order valence-corrected chi connectivity index (χ1v) is 12.7. The largest absolute Gasteiger partial charge is 0.497 e. The second kappa shape index (κ2) is 12.6. The number of aryl methyl sites for hydroxylation is 2. The van der Waals surface area contributed by atoms with Gasteiger partial charge in [-0.25, -0.2) is 9.37 Å². The van der Waals surface area contributed by atoms with Gasteiger partial charge in [0.2, 0.25) is 0 Å². The van der Waals surface area contributed by atoms with Gasteiger partial charge >= 0.3 is 0 Å². The molecule has 8 heteroatoms. The number of aldehydes is 1. The summed E-state index contributed by atoms with van der Waals surface area (Å²) in [7, 11) is 5.25. The summed E-state index contributed by atoms with van der Waals surface area (Å²) in [6.07, 6.45) is 4.46. The molecule has 4 aromatic rings. The van der Waals surface area contributed by atoms with Crippen LogP contribution < -0.4 is 14.2 Å². The lowest BCUT2D eigenvalue weighted by Gasteiger charge is -2.21. The summed E-state index contributed by atoms with van der Waals surface area (Å²) >= 11 is 0. The lowest BCUT2D eigenvalue weighted by molar-refractivity contribution is 0.111. The van der Waals surface area contributed by atoms with E-state index in [4.69, 9.17) is 14.2 Å². The average Bonchev–Trinajstić information content (AvgIpc) is 3.32. The second-order valence-electron chi connectivity index (χ2n) is 9.55. The van der Waals surface area contributed by atoms with E-state index in [0.29, 0.717) is 37.6 Å². The van der Waals surface area contributed by atoms with Gasteiger partial charge in [0.15, 0.2) is 6.29 Å². The van der Waals surface area contributed by atoms with E-state index in [9.17, 15) is 9.18 Å². The Morgan fingerprint density at radius 1 is 0.974 bits per heavy atom. The van der Waals surface area contributed by atoms with Gasteiger partial charge in [0.25, 0.3) is 0 Å². The summed E-state index contributed by atoms with van der Waals surface area (Å²) in [6.45, 7) is 5.95. The van der Waals surface area contributed by atoms with Gasteiger partial charge in [-0.15, -0.1) is 0 Å². The lowest BCUT2D eigenvalue weighted by Crippen LogP contribution is -2.24. The van der Waals surface area contributed by atoms with Crippen LogP contribution in [0.25, 0.3) is 11.1 Å². The van der Waals surface area contributed by atoms with Gasteiger partial charge in [-0.05, 0) is 79.5 Å². The van der Waals surface area contributed by atoms with Crippen LogP contribution in [0.1, 0.15) is 32.9 Å². The van der Waals surface area contributed by atoms with Crippen molar-refractivity contribution in [3.8, 4) is 28.4 Å². The summed E-state index contributed by atoms with van der Waals surface area (Å²) < 4.78 is 33.0. The number of nitrogens with zero attached hydrogens (tertiary/aromatic N) is 3. The highest BCUT2D eigenvalue weighted by atomic mass is 19.1. The van der Waals surface area contributed by atoms with E-state index < -0.39 is 0 Å². The number of rotatable bonds is 12. The number of imidazole rings is 1. The van der Waals surface area contributed by atoms with Crippen LogP contribution in [0.2, 0.25) is 0 Å². The Balaban J connectivity index is 1.58. The van der Waals surface area contributed by atoms with E-state index in [-0.39, 0.29) is 5.82 Å². The molecule has 0 saturated heterocycles.